The Balaban J connectivity index is 1.22. The van der Waals surface area contributed by atoms with Crippen LogP contribution in [0, 0.1) is 0 Å². The van der Waals surface area contributed by atoms with Gasteiger partial charge in [0.15, 0.2) is 11.5 Å². The van der Waals surface area contributed by atoms with E-state index in [-0.39, 0.29) is 5.91 Å². The van der Waals surface area contributed by atoms with Crippen LogP contribution in [-0.4, -0.2) is 25.7 Å². The molecule has 144 valence electrons. The van der Waals surface area contributed by atoms with Gasteiger partial charge in [-0.25, -0.2) is 0 Å². The molecule has 0 saturated heterocycles. The van der Waals surface area contributed by atoms with Gasteiger partial charge in [0.2, 0.25) is 5.91 Å². The molecule has 1 aromatic heterocycles. The Labute approximate surface area is 164 Å². The summed E-state index contributed by atoms with van der Waals surface area (Å²) in [6.45, 7) is 1.75. The van der Waals surface area contributed by atoms with Crippen molar-refractivity contribution in [3.05, 3.63) is 72.0 Å². The minimum absolute atomic E-state index is 0.0233. The van der Waals surface area contributed by atoms with E-state index in [1.54, 1.807) is 0 Å². The molecule has 0 unspecified atom stereocenters. The van der Waals surface area contributed by atoms with Gasteiger partial charge >= 0.3 is 0 Å². The molecule has 28 heavy (non-hydrogen) atoms. The summed E-state index contributed by atoms with van der Waals surface area (Å²) in [4.78, 5) is 12.1. The van der Waals surface area contributed by atoms with Gasteiger partial charge in [-0.1, -0.05) is 36.4 Å². The van der Waals surface area contributed by atoms with Crippen molar-refractivity contribution in [1.29, 1.82) is 0 Å². The lowest BCUT2D eigenvalue weighted by molar-refractivity contribution is -0.121. The Kier molecular flexibility index (Phi) is 5.61. The van der Waals surface area contributed by atoms with E-state index in [9.17, 15) is 4.79 Å². The molecule has 0 spiro atoms. The quantitative estimate of drug-likeness (QED) is 0.676. The van der Waals surface area contributed by atoms with Crippen molar-refractivity contribution in [2.45, 2.75) is 19.3 Å². The summed E-state index contributed by atoms with van der Waals surface area (Å²) in [6.07, 6.45) is 1.74. The molecule has 0 aliphatic carbocycles. The van der Waals surface area contributed by atoms with Crippen LogP contribution in [0.4, 0.5) is 0 Å². The number of furan rings is 1. The summed E-state index contributed by atoms with van der Waals surface area (Å²) >= 11 is 0. The highest BCUT2D eigenvalue weighted by Gasteiger charge is 2.12. The third-order valence-corrected chi connectivity index (χ3v) is 4.66. The van der Waals surface area contributed by atoms with Gasteiger partial charge in [0.1, 0.15) is 24.7 Å². The van der Waals surface area contributed by atoms with Crippen LogP contribution in [-0.2, 0) is 17.6 Å². The van der Waals surface area contributed by atoms with E-state index in [0.717, 1.165) is 40.6 Å². The summed E-state index contributed by atoms with van der Waals surface area (Å²) in [7, 11) is 0. The molecule has 4 rings (SSSR count). The molecule has 0 atom stereocenters. The lowest BCUT2D eigenvalue weighted by Crippen LogP contribution is -2.25. The van der Waals surface area contributed by atoms with Crippen molar-refractivity contribution in [1.82, 2.24) is 5.32 Å². The van der Waals surface area contributed by atoms with Crippen LogP contribution in [0.1, 0.15) is 17.7 Å². The number of benzene rings is 2. The van der Waals surface area contributed by atoms with Crippen LogP contribution in [0.2, 0.25) is 0 Å². The lowest BCUT2D eigenvalue weighted by atomic mass is 10.1. The van der Waals surface area contributed by atoms with Crippen molar-refractivity contribution < 1.29 is 18.7 Å². The van der Waals surface area contributed by atoms with E-state index in [2.05, 4.69) is 5.32 Å². The zero-order chi connectivity index (χ0) is 19.2. The Morgan fingerprint density at radius 2 is 1.71 bits per heavy atom. The van der Waals surface area contributed by atoms with Crippen molar-refractivity contribution in [2.24, 2.45) is 0 Å². The van der Waals surface area contributed by atoms with E-state index in [4.69, 9.17) is 13.9 Å². The highest BCUT2D eigenvalue weighted by molar-refractivity contribution is 5.76. The average molecular weight is 377 g/mol. The second kappa shape index (κ2) is 8.65. The molecule has 0 saturated carbocycles. The third-order valence-electron chi connectivity index (χ3n) is 4.66. The standard InChI is InChI=1S/C23H23NO4/c25-23(11-8-19-7-10-20(28-19)18-4-2-1-3-5-18)24-13-12-17-6-9-21-22(16-17)27-15-14-26-21/h1-7,9-10,16H,8,11-15H2,(H,24,25). The van der Waals surface area contributed by atoms with Gasteiger partial charge in [-0.3, -0.25) is 4.79 Å². The number of hydrogen-bond acceptors (Lipinski definition) is 4. The van der Waals surface area contributed by atoms with Crippen LogP contribution in [0.3, 0.4) is 0 Å². The number of hydrogen-bond donors (Lipinski definition) is 1. The van der Waals surface area contributed by atoms with Crippen LogP contribution >= 0.6 is 0 Å². The second-order valence-electron chi connectivity index (χ2n) is 6.71. The molecular formula is C23H23NO4. The monoisotopic (exact) mass is 377 g/mol. The number of carbonyl (C=O) groups is 1. The van der Waals surface area contributed by atoms with Crippen molar-refractivity contribution >= 4 is 5.91 Å². The molecule has 0 bridgehead atoms. The van der Waals surface area contributed by atoms with Gasteiger partial charge in [-0.2, -0.15) is 0 Å². The van der Waals surface area contributed by atoms with Gasteiger partial charge < -0.3 is 19.2 Å². The first kappa shape index (κ1) is 18.2. The normalized spacial score (nSPS) is 12.6. The van der Waals surface area contributed by atoms with Crippen molar-refractivity contribution in [3.63, 3.8) is 0 Å². The Morgan fingerprint density at radius 3 is 2.57 bits per heavy atom. The SMILES string of the molecule is O=C(CCc1ccc(-c2ccccc2)o1)NCCc1ccc2c(c1)OCCO2. The van der Waals surface area contributed by atoms with Crippen LogP contribution in [0.15, 0.2) is 65.1 Å². The summed E-state index contributed by atoms with van der Waals surface area (Å²) in [6, 6.07) is 19.7. The topological polar surface area (TPSA) is 60.7 Å². The third kappa shape index (κ3) is 4.55. The lowest BCUT2D eigenvalue weighted by Gasteiger charge is -2.18. The molecule has 1 N–H and O–H groups in total. The maximum atomic E-state index is 12.1. The van der Waals surface area contributed by atoms with Crippen molar-refractivity contribution in [3.8, 4) is 22.8 Å². The largest absolute Gasteiger partial charge is 0.486 e. The van der Waals surface area contributed by atoms with E-state index >= 15 is 0 Å². The Morgan fingerprint density at radius 1 is 0.893 bits per heavy atom. The molecule has 0 radical (unpaired) electrons. The Bertz CT molecular complexity index is 933. The number of rotatable bonds is 7. The first-order valence-corrected chi connectivity index (χ1v) is 9.57. The van der Waals surface area contributed by atoms with E-state index in [0.29, 0.717) is 32.6 Å². The molecule has 2 aromatic carbocycles. The highest BCUT2D eigenvalue weighted by atomic mass is 16.6. The van der Waals surface area contributed by atoms with Gasteiger partial charge in [0.05, 0.1) is 0 Å². The number of carbonyl (C=O) groups excluding carboxylic acids is 1. The molecule has 1 aliphatic heterocycles. The number of fused-ring (bicyclic) bond motifs is 1. The highest BCUT2D eigenvalue weighted by Crippen LogP contribution is 2.30. The summed E-state index contributed by atoms with van der Waals surface area (Å²) < 4.78 is 17.0. The van der Waals surface area contributed by atoms with Crippen LogP contribution < -0.4 is 14.8 Å². The number of nitrogens with one attached hydrogen (secondary N) is 1. The molecular weight excluding hydrogens is 354 g/mol. The van der Waals surface area contributed by atoms with E-state index in [1.165, 1.54) is 0 Å². The second-order valence-corrected chi connectivity index (χ2v) is 6.71. The molecule has 1 aliphatic rings. The van der Waals surface area contributed by atoms with Crippen LogP contribution in [0.25, 0.3) is 11.3 Å². The summed E-state index contributed by atoms with van der Waals surface area (Å²) in [5.41, 5.74) is 2.15. The molecule has 2 heterocycles. The minimum Gasteiger partial charge on any atom is -0.486 e. The van der Waals surface area contributed by atoms with Crippen molar-refractivity contribution in [2.75, 3.05) is 19.8 Å². The van der Waals surface area contributed by atoms with Gasteiger partial charge in [-0.15, -0.1) is 0 Å². The first-order chi connectivity index (χ1) is 13.8. The van der Waals surface area contributed by atoms with Gasteiger partial charge in [0, 0.05) is 24.9 Å². The molecule has 0 fully saturated rings. The average Bonchev–Trinajstić information content (AvgIpc) is 3.22. The minimum atomic E-state index is 0.0233. The fraction of sp³-hybridized carbons (Fsp3) is 0.261. The van der Waals surface area contributed by atoms with E-state index < -0.39 is 0 Å². The molecule has 5 heteroatoms. The predicted octanol–water partition coefficient (Wildman–Crippen LogP) is 4.01. The maximum Gasteiger partial charge on any atom is 0.220 e. The van der Waals surface area contributed by atoms with Gasteiger partial charge in [-0.05, 0) is 36.2 Å². The molecule has 3 aromatic rings. The number of ether oxygens (including phenoxy) is 2. The maximum absolute atomic E-state index is 12.1. The smallest absolute Gasteiger partial charge is 0.220 e. The first-order valence-electron chi connectivity index (χ1n) is 9.57. The van der Waals surface area contributed by atoms with Gasteiger partial charge in [0.25, 0.3) is 0 Å². The Hall–Kier alpha value is -3.21. The fourth-order valence-corrected chi connectivity index (χ4v) is 3.18. The fourth-order valence-electron chi connectivity index (χ4n) is 3.18. The number of amides is 1. The molecule has 5 nitrogen and oxygen atoms in total. The molecule has 1 amide bonds. The predicted molar refractivity (Wildman–Crippen MR) is 107 cm³/mol. The zero-order valence-corrected chi connectivity index (χ0v) is 15.6. The van der Waals surface area contributed by atoms with Crippen LogP contribution in [0.5, 0.6) is 11.5 Å². The summed E-state index contributed by atoms with van der Waals surface area (Å²) in [5.74, 6) is 3.24. The zero-order valence-electron chi connectivity index (χ0n) is 15.6. The number of aryl methyl sites for hydroxylation is 1. The summed E-state index contributed by atoms with van der Waals surface area (Å²) in [5, 5.41) is 2.97. The van der Waals surface area contributed by atoms with E-state index in [1.807, 2.05) is 60.7 Å².